The Labute approximate surface area is 140 Å². The minimum absolute atomic E-state index is 0.0350. The highest BCUT2D eigenvalue weighted by atomic mass is 16.4. The number of likely N-dealkylation sites (tertiary alicyclic amines) is 1. The van der Waals surface area contributed by atoms with E-state index >= 15 is 0 Å². The maximum atomic E-state index is 12.5. The average molecular weight is 327 g/mol. The SMILES string of the molecule is Cc1nn(C)c(C)c1CN1C(=O)C[C@H](C(=O)O)[C@H]1c1ccccc1. The highest BCUT2D eigenvalue weighted by Crippen LogP contribution is 2.39. The summed E-state index contributed by atoms with van der Waals surface area (Å²) in [4.78, 5) is 25.9. The smallest absolute Gasteiger partial charge is 0.309 e. The predicted molar refractivity (Wildman–Crippen MR) is 88.2 cm³/mol. The van der Waals surface area contributed by atoms with Crippen LogP contribution < -0.4 is 0 Å². The Bertz CT molecular complexity index is 782. The fraction of sp³-hybridized carbons (Fsp3) is 0.389. The van der Waals surface area contributed by atoms with E-state index in [9.17, 15) is 14.7 Å². The zero-order valence-corrected chi connectivity index (χ0v) is 14.1. The molecular weight excluding hydrogens is 306 g/mol. The Balaban J connectivity index is 2.00. The van der Waals surface area contributed by atoms with E-state index in [1.54, 1.807) is 9.58 Å². The molecular formula is C18H21N3O3. The molecule has 1 saturated heterocycles. The second-order valence-corrected chi connectivity index (χ2v) is 6.30. The molecule has 1 N–H and O–H groups in total. The van der Waals surface area contributed by atoms with Crippen LogP contribution in [0, 0.1) is 19.8 Å². The molecule has 24 heavy (non-hydrogen) atoms. The molecule has 6 nitrogen and oxygen atoms in total. The number of carbonyl (C=O) groups is 2. The molecule has 3 rings (SSSR count). The third kappa shape index (κ3) is 2.68. The van der Waals surface area contributed by atoms with Crippen molar-refractivity contribution < 1.29 is 14.7 Å². The molecule has 1 aromatic heterocycles. The van der Waals surface area contributed by atoms with E-state index in [0.717, 1.165) is 22.5 Å². The Hall–Kier alpha value is -2.63. The Morgan fingerprint density at radius 2 is 1.96 bits per heavy atom. The number of hydrogen-bond donors (Lipinski definition) is 1. The van der Waals surface area contributed by atoms with E-state index in [0.29, 0.717) is 6.54 Å². The summed E-state index contributed by atoms with van der Waals surface area (Å²) in [7, 11) is 1.87. The van der Waals surface area contributed by atoms with Gasteiger partial charge in [0.05, 0.1) is 17.7 Å². The Kier molecular flexibility index (Phi) is 4.13. The molecule has 0 unspecified atom stereocenters. The molecule has 2 heterocycles. The van der Waals surface area contributed by atoms with Crippen LogP contribution in [-0.4, -0.2) is 31.7 Å². The summed E-state index contributed by atoms with van der Waals surface area (Å²) in [5.41, 5.74) is 3.70. The van der Waals surface area contributed by atoms with Gasteiger partial charge in [-0.05, 0) is 19.4 Å². The number of hydrogen-bond acceptors (Lipinski definition) is 3. The lowest BCUT2D eigenvalue weighted by atomic mass is 9.93. The van der Waals surface area contributed by atoms with Crippen molar-refractivity contribution in [1.82, 2.24) is 14.7 Å². The van der Waals surface area contributed by atoms with E-state index in [4.69, 9.17) is 0 Å². The highest BCUT2D eigenvalue weighted by Gasteiger charge is 2.44. The van der Waals surface area contributed by atoms with Gasteiger partial charge in [-0.3, -0.25) is 14.3 Å². The molecule has 2 aromatic rings. The lowest BCUT2D eigenvalue weighted by molar-refractivity contribution is -0.142. The molecule has 6 heteroatoms. The predicted octanol–water partition coefficient (Wildman–Crippen LogP) is 2.21. The molecule has 1 aliphatic rings. The van der Waals surface area contributed by atoms with Crippen LogP contribution >= 0.6 is 0 Å². The zero-order chi connectivity index (χ0) is 17.4. The van der Waals surface area contributed by atoms with Gasteiger partial charge in [0.25, 0.3) is 0 Å². The molecule has 2 atom stereocenters. The molecule has 0 spiro atoms. The van der Waals surface area contributed by atoms with Crippen LogP contribution in [0.4, 0.5) is 0 Å². The summed E-state index contributed by atoms with van der Waals surface area (Å²) in [6.07, 6.45) is 0.0350. The first-order valence-electron chi connectivity index (χ1n) is 7.96. The van der Waals surface area contributed by atoms with E-state index in [1.165, 1.54) is 0 Å². The van der Waals surface area contributed by atoms with Gasteiger partial charge in [-0.1, -0.05) is 30.3 Å². The number of nitrogens with zero attached hydrogens (tertiary/aromatic N) is 3. The molecule has 0 saturated carbocycles. The third-order valence-electron chi connectivity index (χ3n) is 4.88. The van der Waals surface area contributed by atoms with Gasteiger partial charge in [0, 0.05) is 31.3 Å². The molecule has 1 amide bonds. The Morgan fingerprint density at radius 3 is 2.50 bits per heavy atom. The third-order valence-corrected chi connectivity index (χ3v) is 4.88. The molecule has 0 aliphatic carbocycles. The van der Waals surface area contributed by atoms with Gasteiger partial charge >= 0.3 is 5.97 Å². The molecule has 0 radical (unpaired) electrons. The van der Waals surface area contributed by atoms with Crippen molar-refractivity contribution in [3.63, 3.8) is 0 Å². The van der Waals surface area contributed by atoms with Crippen LogP contribution in [0.3, 0.4) is 0 Å². The van der Waals surface area contributed by atoms with E-state index in [-0.39, 0.29) is 12.3 Å². The molecule has 1 fully saturated rings. The molecule has 1 aliphatic heterocycles. The van der Waals surface area contributed by atoms with Gasteiger partial charge in [0.15, 0.2) is 0 Å². The monoisotopic (exact) mass is 327 g/mol. The number of carboxylic acids is 1. The number of aliphatic carboxylic acids is 1. The average Bonchev–Trinajstić information content (AvgIpc) is 3.00. The second-order valence-electron chi connectivity index (χ2n) is 6.30. The number of aromatic nitrogens is 2. The zero-order valence-electron chi connectivity index (χ0n) is 14.1. The summed E-state index contributed by atoms with van der Waals surface area (Å²) in [5, 5.41) is 14.0. The first kappa shape index (κ1) is 16.2. The maximum Gasteiger partial charge on any atom is 0.309 e. The van der Waals surface area contributed by atoms with Crippen molar-refractivity contribution >= 4 is 11.9 Å². The number of rotatable bonds is 4. The van der Waals surface area contributed by atoms with E-state index < -0.39 is 17.9 Å². The van der Waals surface area contributed by atoms with Crippen LogP contribution in [0.15, 0.2) is 30.3 Å². The van der Waals surface area contributed by atoms with Gasteiger partial charge in [0.1, 0.15) is 0 Å². The van der Waals surface area contributed by atoms with Gasteiger partial charge in [0.2, 0.25) is 5.91 Å². The summed E-state index contributed by atoms with van der Waals surface area (Å²) in [6, 6.07) is 8.95. The van der Waals surface area contributed by atoms with Gasteiger partial charge in [-0.15, -0.1) is 0 Å². The van der Waals surface area contributed by atoms with E-state index in [1.807, 2.05) is 51.2 Å². The normalized spacial score (nSPS) is 20.6. The van der Waals surface area contributed by atoms with Gasteiger partial charge in [-0.2, -0.15) is 5.10 Å². The summed E-state index contributed by atoms with van der Waals surface area (Å²) < 4.78 is 1.79. The summed E-state index contributed by atoms with van der Waals surface area (Å²) in [5.74, 6) is -1.78. The number of benzene rings is 1. The van der Waals surface area contributed by atoms with Crippen LogP contribution in [0.1, 0.15) is 35.0 Å². The largest absolute Gasteiger partial charge is 0.481 e. The molecule has 126 valence electrons. The minimum Gasteiger partial charge on any atom is -0.481 e. The van der Waals surface area contributed by atoms with E-state index in [2.05, 4.69) is 5.10 Å². The Morgan fingerprint density at radius 1 is 1.29 bits per heavy atom. The summed E-state index contributed by atoms with van der Waals surface area (Å²) >= 11 is 0. The number of carboxylic acid groups (broad SMARTS) is 1. The lowest BCUT2D eigenvalue weighted by Crippen LogP contribution is -2.30. The quantitative estimate of drug-likeness (QED) is 0.934. The van der Waals surface area contributed by atoms with Crippen molar-refractivity contribution in [2.45, 2.75) is 32.9 Å². The second kappa shape index (κ2) is 6.11. The van der Waals surface area contributed by atoms with Crippen LogP contribution in [0.5, 0.6) is 0 Å². The standard InChI is InChI=1S/C18H21N3O3/c1-11-15(12(2)20(3)19-11)10-21-16(22)9-14(18(23)24)17(21)13-7-5-4-6-8-13/h4-8,14,17H,9-10H2,1-3H3,(H,23,24)/t14-,17+/m0/s1. The minimum atomic E-state index is -0.931. The van der Waals surface area contributed by atoms with Crippen molar-refractivity contribution in [1.29, 1.82) is 0 Å². The van der Waals surface area contributed by atoms with Crippen molar-refractivity contribution in [2.75, 3.05) is 0 Å². The van der Waals surface area contributed by atoms with Gasteiger partial charge in [-0.25, -0.2) is 0 Å². The summed E-state index contributed by atoms with van der Waals surface area (Å²) in [6.45, 7) is 4.25. The maximum absolute atomic E-state index is 12.5. The van der Waals surface area contributed by atoms with Crippen molar-refractivity contribution in [3.8, 4) is 0 Å². The van der Waals surface area contributed by atoms with Crippen LogP contribution in [-0.2, 0) is 23.2 Å². The van der Waals surface area contributed by atoms with Crippen LogP contribution in [0.2, 0.25) is 0 Å². The van der Waals surface area contributed by atoms with Gasteiger partial charge < -0.3 is 10.0 Å². The van der Waals surface area contributed by atoms with Crippen molar-refractivity contribution in [3.05, 3.63) is 52.8 Å². The van der Waals surface area contributed by atoms with Crippen LogP contribution in [0.25, 0.3) is 0 Å². The fourth-order valence-corrected chi connectivity index (χ4v) is 3.48. The fourth-order valence-electron chi connectivity index (χ4n) is 3.48. The number of carbonyl (C=O) groups excluding carboxylic acids is 1. The number of aryl methyl sites for hydroxylation is 2. The first-order valence-corrected chi connectivity index (χ1v) is 7.96. The lowest BCUT2D eigenvalue weighted by Gasteiger charge is -2.27. The topological polar surface area (TPSA) is 75.4 Å². The van der Waals surface area contributed by atoms with Crippen molar-refractivity contribution in [2.24, 2.45) is 13.0 Å². The molecule has 1 aromatic carbocycles. The molecule has 0 bridgehead atoms. The first-order chi connectivity index (χ1) is 11.4. The highest BCUT2D eigenvalue weighted by molar-refractivity contribution is 5.87. The number of amides is 1.